The van der Waals surface area contributed by atoms with E-state index in [1.54, 1.807) is 11.0 Å². The Hall–Kier alpha value is -2.93. The number of carbonyl (C=O) groups is 2. The second kappa shape index (κ2) is 9.05. The van der Waals surface area contributed by atoms with E-state index in [1.165, 1.54) is 22.5 Å². The molecule has 2 amide bonds. The summed E-state index contributed by atoms with van der Waals surface area (Å²) in [4.78, 5) is 37.2. The Morgan fingerprint density at radius 2 is 2.00 bits per heavy atom. The van der Waals surface area contributed by atoms with Crippen molar-refractivity contribution in [2.75, 3.05) is 18.4 Å². The van der Waals surface area contributed by atoms with E-state index < -0.39 is 5.91 Å². The average Bonchev–Trinajstić information content (AvgIpc) is 2.71. The highest BCUT2D eigenvalue weighted by atomic mass is 35.5. The Bertz CT molecular complexity index is 1020. The Morgan fingerprint density at radius 1 is 1.28 bits per heavy atom. The van der Waals surface area contributed by atoms with Crippen LogP contribution in [0.5, 0.6) is 0 Å². The van der Waals surface area contributed by atoms with Crippen LogP contribution in [0.3, 0.4) is 0 Å². The number of likely N-dealkylation sites (tertiary alicyclic amines) is 1. The summed E-state index contributed by atoms with van der Waals surface area (Å²) < 4.78 is 1.28. The van der Waals surface area contributed by atoms with Gasteiger partial charge in [0.15, 0.2) is 0 Å². The smallest absolute Gasteiger partial charge is 0.267 e. The zero-order chi connectivity index (χ0) is 21.0. The number of amides is 2. The molecule has 0 aliphatic carbocycles. The molecule has 1 aromatic heterocycles. The fourth-order valence-corrected chi connectivity index (χ4v) is 3.48. The van der Waals surface area contributed by atoms with E-state index in [0.717, 1.165) is 30.4 Å². The molecule has 0 bridgehead atoms. The first-order valence-electron chi connectivity index (χ1n) is 9.48. The third kappa shape index (κ3) is 4.92. The average molecular weight is 415 g/mol. The van der Waals surface area contributed by atoms with E-state index in [4.69, 9.17) is 11.6 Å². The van der Waals surface area contributed by atoms with Crippen molar-refractivity contribution in [1.29, 1.82) is 0 Å². The van der Waals surface area contributed by atoms with Crippen LogP contribution in [0, 0.1) is 6.92 Å². The molecule has 0 radical (unpaired) electrons. The van der Waals surface area contributed by atoms with Gasteiger partial charge in [0.2, 0.25) is 6.41 Å². The van der Waals surface area contributed by atoms with Crippen LogP contribution in [0.1, 0.15) is 41.3 Å². The highest BCUT2D eigenvalue weighted by Gasteiger charge is 2.15. The number of aromatic nitrogens is 2. The third-order valence-electron chi connectivity index (χ3n) is 5.04. The SMILES string of the molecule is CCn1ncc(C(=O)Nc2cc(Cl)cc(C=C3CCN(C=O)CC3)c2C)cc1=O. The van der Waals surface area contributed by atoms with Crippen LogP contribution in [-0.4, -0.2) is 40.1 Å². The van der Waals surface area contributed by atoms with Crippen molar-refractivity contribution in [2.24, 2.45) is 0 Å². The molecule has 3 rings (SSSR count). The Labute approximate surface area is 174 Å². The fourth-order valence-electron chi connectivity index (χ4n) is 3.25. The second-order valence-electron chi connectivity index (χ2n) is 6.96. The van der Waals surface area contributed by atoms with E-state index in [1.807, 2.05) is 19.9 Å². The number of anilines is 1. The highest BCUT2D eigenvalue weighted by Crippen LogP contribution is 2.28. The number of nitrogens with one attached hydrogen (secondary N) is 1. The lowest BCUT2D eigenvalue weighted by atomic mass is 9.98. The van der Waals surface area contributed by atoms with Gasteiger partial charge in [0.1, 0.15) is 0 Å². The lowest BCUT2D eigenvalue weighted by Crippen LogP contribution is -2.29. The zero-order valence-corrected chi connectivity index (χ0v) is 17.2. The summed E-state index contributed by atoms with van der Waals surface area (Å²) in [6, 6.07) is 4.82. The molecule has 0 saturated carbocycles. The number of hydrogen-bond donors (Lipinski definition) is 1. The van der Waals surface area contributed by atoms with Crippen LogP contribution in [0.2, 0.25) is 5.02 Å². The minimum absolute atomic E-state index is 0.195. The number of piperidine rings is 1. The number of nitrogens with zero attached hydrogens (tertiary/aromatic N) is 3. The van der Waals surface area contributed by atoms with Gasteiger partial charge in [-0.1, -0.05) is 23.3 Å². The molecule has 0 atom stereocenters. The van der Waals surface area contributed by atoms with Crippen LogP contribution < -0.4 is 10.9 Å². The molecular formula is C21H23ClN4O3. The summed E-state index contributed by atoms with van der Waals surface area (Å²) in [5.74, 6) is -0.416. The van der Waals surface area contributed by atoms with Crippen molar-refractivity contribution in [3.8, 4) is 0 Å². The molecule has 2 aromatic rings. The minimum atomic E-state index is -0.416. The number of benzene rings is 1. The Kier molecular flexibility index (Phi) is 6.49. The maximum Gasteiger partial charge on any atom is 0.267 e. The van der Waals surface area contributed by atoms with Gasteiger partial charge in [-0.2, -0.15) is 5.10 Å². The van der Waals surface area contributed by atoms with Gasteiger partial charge >= 0.3 is 0 Å². The lowest BCUT2D eigenvalue weighted by Gasteiger charge is -2.24. The van der Waals surface area contributed by atoms with Crippen molar-refractivity contribution < 1.29 is 9.59 Å². The maximum atomic E-state index is 12.6. The van der Waals surface area contributed by atoms with Crippen LogP contribution in [-0.2, 0) is 11.3 Å². The molecule has 1 aliphatic rings. The molecule has 1 saturated heterocycles. The minimum Gasteiger partial charge on any atom is -0.345 e. The van der Waals surface area contributed by atoms with E-state index >= 15 is 0 Å². The summed E-state index contributed by atoms with van der Waals surface area (Å²) in [6.07, 6.45) is 5.95. The zero-order valence-electron chi connectivity index (χ0n) is 16.4. The van der Waals surface area contributed by atoms with Crippen molar-refractivity contribution in [2.45, 2.75) is 33.2 Å². The highest BCUT2D eigenvalue weighted by molar-refractivity contribution is 6.31. The number of aryl methyl sites for hydroxylation is 1. The van der Waals surface area contributed by atoms with Gasteiger partial charge in [-0.3, -0.25) is 14.4 Å². The molecule has 152 valence electrons. The quantitative estimate of drug-likeness (QED) is 0.762. The molecule has 1 aromatic carbocycles. The number of rotatable bonds is 5. The van der Waals surface area contributed by atoms with Gasteiger partial charge in [-0.15, -0.1) is 0 Å². The van der Waals surface area contributed by atoms with Gasteiger partial charge in [0.25, 0.3) is 11.5 Å². The summed E-state index contributed by atoms with van der Waals surface area (Å²) >= 11 is 6.28. The van der Waals surface area contributed by atoms with Crippen molar-refractivity contribution in [3.05, 3.63) is 62.0 Å². The second-order valence-corrected chi connectivity index (χ2v) is 7.40. The fraction of sp³-hybridized carbons (Fsp3) is 0.333. The molecular weight excluding hydrogens is 392 g/mol. The molecule has 29 heavy (non-hydrogen) atoms. The Balaban J connectivity index is 1.83. The van der Waals surface area contributed by atoms with Crippen molar-refractivity contribution >= 4 is 35.7 Å². The van der Waals surface area contributed by atoms with Crippen LogP contribution in [0.15, 0.2) is 34.8 Å². The summed E-state index contributed by atoms with van der Waals surface area (Å²) in [7, 11) is 0. The van der Waals surface area contributed by atoms with E-state index in [2.05, 4.69) is 16.5 Å². The Morgan fingerprint density at radius 3 is 2.62 bits per heavy atom. The molecule has 8 heteroatoms. The number of hydrogen-bond acceptors (Lipinski definition) is 4. The number of halogens is 1. The van der Waals surface area contributed by atoms with Crippen molar-refractivity contribution in [1.82, 2.24) is 14.7 Å². The standard InChI is InChI=1S/C21H23ClN4O3/c1-3-26-20(28)10-17(12-23-26)21(29)24-19-11-18(22)9-16(14(19)2)8-15-4-6-25(13-27)7-5-15/h8-13H,3-7H2,1-2H3,(H,24,29). The third-order valence-corrected chi connectivity index (χ3v) is 5.26. The van der Waals surface area contributed by atoms with Crippen LogP contribution >= 0.6 is 11.6 Å². The molecule has 7 nitrogen and oxygen atoms in total. The molecule has 1 fully saturated rings. The normalized spacial score (nSPS) is 13.9. The van der Waals surface area contributed by atoms with Crippen LogP contribution in [0.25, 0.3) is 6.08 Å². The van der Waals surface area contributed by atoms with E-state index in [-0.39, 0.29) is 11.1 Å². The van der Waals surface area contributed by atoms with Crippen molar-refractivity contribution in [3.63, 3.8) is 0 Å². The van der Waals surface area contributed by atoms with Crippen LogP contribution in [0.4, 0.5) is 5.69 Å². The summed E-state index contributed by atoms with van der Waals surface area (Å²) in [5, 5.41) is 7.32. The first-order valence-corrected chi connectivity index (χ1v) is 9.86. The van der Waals surface area contributed by atoms with Gasteiger partial charge < -0.3 is 10.2 Å². The largest absolute Gasteiger partial charge is 0.345 e. The maximum absolute atomic E-state index is 12.6. The van der Waals surface area contributed by atoms with Gasteiger partial charge in [-0.05, 0) is 49.9 Å². The molecule has 0 spiro atoms. The molecule has 0 unspecified atom stereocenters. The monoisotopic (exact) mass is 414 g/mol. The predicted molar refractivity (Wildman–Crippen MR) is 113 cm³/mol. The molecule has 1 N–H and O–H groups in total. The van der Waals surface area contributed by atoms with E-state index in [9.17, 15) is 14.4 Å². The van der Waals surface area contributed by atoms with Gasteiger partial charge in [0.05, 0.1) is 11.8 Å². The molecule has 2 heterocycles. The van der Waals surface area contributed by atoms with Gasteiger partial charge in [-0.25, -0.2) is 4.68 Å². The first kappa shape index (κ1) is 20.8. The lowest BCUT2D eigenvalue weighted by molar-refractivity contribution is -0.118. The topological polar surface area (TPSA) is 84.3 Å². The first-order chi connectivity index (χ1) is 13.9. The number of carbonyl (C=O) groups excluding carboxylic acids is 2. The predicted octanol–water partition coefficient (Wildman–Crippen LogP) is 3.11. The molecule has 1 aliphatic heterocycles. The van der Waals surface area contributed by atoms with Gasteiger partial charge in [0, 0.05) is 36.4 Å². The van der Waals surface area contributed by atoms with E-state index in [0.29, 0.717) is 30.3 Å². The summed E-state index contributed by atoms with van der Waals surface area (Å²) in [6.45, 7) is 5.56. The summed E-state index contributed by atoms with van der Waals surface area (Å²) in [5.41, 5.74) is 3.48.